The summed E-state index contributed by atoms with van der Waals surface area (Å²) in [4.78, 5) is 23.5. The smallest absolute Gasteiger partial charge is 0.224 e. The Labute approximate surface area is 172 Å². The van der Waals surface area contributed by atoms with Crippen molar-refractivity contribution in [1.29, 1.82) is 0 Å². The third kappa shape index (κ3) is 5.25. The van der Waals surface area contributed by atoms with Crippen LogP contribution in [0.1, 0.15) is 45.4 Å². The van der Waals surface area contributed by atoms with Gasteiger partial charge in [0.1, 0.15) is 17.9 Å². The fourth-order valence-corrected chi connectivity index (χ4v) is 4.26. The van der Waals surface area contributed by atoms with Crippen LogP contribution in [0.5, 0.6) is 11.6 Å². The van der Waals surface area contributed by atoms with Crippen molar-refractivity contribution < 1.29 is 9.53 Å². The highest BCUT2D eigenvalue weighted by Crippen LogP contribution is 2.27. The third-order valence-corrected chi connectivity index (χ3v) is 6.15. The van der Waals surface area contributed by atoms with Gasteiger partial charge < -0.3 is 15.0 Å². The van der Waals surface area contributed by atoms with Crippen LogP contribution >= 0.6 is 0 Å². The van der Waals surface area contributed by atoms with Gasteiger partial charge in [-0.1, -0.05) is 25.1 Å². The molecule has 0 unspecified atom stereocenters. The lowest BCUT2D eigenvalue weighted by Gasteiger charge is -2.34. The molecule has 0 radical (unpaired) electrons. The second-order valence-corrected chi connectivity index (χ2v) is 8.36. The van der Waals surface area contributed by atoms with Crippen molar-refractivity contribution in [2.24, 2.45) is 11.8 Å². The molecule has 1 amide bonds. The summed E-state index contributed by atoms with van der Waals surface area (Å²) in [6, 6.07) is 11.9. The van der Waals surface area contributed by atoms with Gasteiger partial charge in [0.15, 0.2) is 0 Å². The number of aromatic nitrogens is 2. The summed E-state index contributed by atoms with van der Waals surface area (Å²) in [5.41, 5.74) is 0. The topological polar surface area (TPSA) is 67.4 Å². The maximum Gasteiger partial charge on any atom is 0.224 e. The normalized spacial score (nSPS) is 22.9. The van der Waals surface area contributed by atoms with Gasteiger partial charge in [0.25, 0.3) is 0 Å². The Bertz CT molecular complexity index is 798. The summed E-state index contributed by atoms with van der Waals surface area (Å²) in [6.07, 6.45) is 7.95. The Hall–Kier alpha value is -2.63. The molecule has 1 aliphatic carbocycles. The number of carbonyl (C=O) groups excluding carboxylic acids is 1. The zero-order chi connectivity index (χ0) is 20.1. The van der Waals surface area contributed by atoms with Crippen molar-refractivity contribution in [3.8, 4) is 11.6 Å². The van der Waals surface area contributed by atoms with E-state index in [1.54, 1.807) is 0 Å². The number of benzene rings is 1. The predicted molar refractivity (Wildman–Crippen MR) is 113 cm³/mol. The first kappa shape index (κ1) is 19.7. The zero-order valence-corrected chi connectivity index (χ0v) is 17.1. The van der Waals surface area contributed by atoms with Crippen LogP contribution in [-0.4, -0.2) is 35.0 Å². The molecular formula is C23H30N4O2. The second-order valence-electron chi connectivity index (χ2n) is 8.36. The van der Waals surface area contributed by atoms with Gasteiger partial charge in [0.2, 0.25) is 11.8 Å². The average molecular weight is 395 g/mol. The van der Waals surface area contributed by atoms with Crippen molar-refractivity contribution in [3.05, 3.63) is 42.7 Å². The van der Waals surface area contributed by atoms with Crippen LogP contribution < -0.4 is 15.0 Å². The molecule has 2 aromatic rings. The van der Waals surface area contributed by atoms with E-state index in [2.05, 4.69) is 27.1 Å². The molecule has 0 atom stereocenters. The number of nitrogens with zero attached hydrogens (tertiary/aromatic N) is 3. The van der Waals surface area contributed by atoms with E-state index in [0.29, 0.717) is 11.9 Å². The lowest BCUT2D eigenvalue weighted by atomic mass is 9.86. The number of carbonyl (C=O) groups is 1. The minimum atomic E-state index is 0.104. The first-order valence-corrected chi connectivity index (χ1v) is 10.8. The fourth-order valence-electron chi connectivity index (χ4n) is 4.26. The Morgan fingerprint density at radius 2 is 1.76 bits per heavy atom. The molecule has 1 aromatic heterocycles. The van der Waals surface area contributed by atoms with Gasteiger partial charge in [0.05, 0.1) is 0 Å². The zero-order valence-electron chi connectivity index (χ0n) is 17.1. The Kier molecular flexibility index (Phi) is 6.27. The number of nitrogens with one attached hydrogen (secondary N) is 1. The van der Waals surface area contributed by atoms with Crippen LogP contribution in [-0.2, 0) is 4.79 Å². The summed E-state index contributed by atoms with van der Waals surface area (Å²) in [7, 11) is 0. The van der Waals surface area contributed by atoms with Gasteiger partial charge in [-0.05, 0) is 56.6 Å². The molecule has 1 saturated heterocycles. The molecule has 1 N–H and O–H groups in total. The van der Waals surface area contributed by atoms with E-state index in [-0.39, 0.29) is 11.8 Å². The van der Waals surface area contributed by atoms with Crippen LogP contribution in [0, 0.1) is 11.8 Å². The van der Waals surface area contributed by atoms with Gasteiger partial charge in [-0.15, -0.1) is 0 Å². The number of para-hydroxylation sites is 1. The van der Waals surface area contributed by atoms with Crippen molar-refractivity contribution in [1.82, 2.24) is 15.3 Å². The summed E-state index contributed by atoms with van der Waals surface area (Å²) < 4.78 is 5.82. The number of amides is 1. The van der Waals surface area contributed by atoms with Crippen LogP contribution in [0.3, 0.4) is 0 Å². The summed E-state index contributed by atoms with van der Waals surface area (Å²) in [6.45, 7) is 3.94. The first-order valence-electron chi connectivity index (χ1n) is 10.8. The molecule has 2 aliphatic rings. The molecule has 0 bridgehead atoms. The van der Waals surface area contributed by atoms with Crippen molar-refractivity contribution in [2.45, 2.75) is 51.5 Å². The van der Waals surface area contributed by atoms with E-state index in [1.807, 2.05) is 36.4 Å². The SMILES string of the molecule is CC1CCC(NC(=O)C2CCN(c3cc(Oc4ccccc4)ncn3)CC2)CC1. The standard InChI is InChI=1S/C23H30N4O2/c1-17-7-9-19(10-8-17)26-23(28)18-11-13-27(14-12-18)21-15-22(25-16-24-21)29-20-5-3-2-4-6-20/h2-6,15-19H,7-14H2,1H3,(H,26,28). The third-order valence-electron chi connectivity index (χ3n) is 6.15. The van der Waals surface area contributed by atoms with Crippen molar-refractivity contribution in [3.63, 3.8) is 0 Å². The average Bonchev–Trinajstić information content (AvgIpc) is 2.76. The van der Waals surface area contributed by atoms with Gasteiger partial charge in [-0.3, -0.25) is 4.79 Å². The molecule has 29 heavy (non-hydrogen) atoms. The van der Waals surface area contributed by atoms with Gasteiger partial charge in [-0.2, -0.15) is 0 Å². The molecule has 0 spiro atoms. The molecular weight excluding hydrogens is 364 g/mol. The fraction of sp³-hybridized carbons (Fsp3) is 0.522. The summed E-state index contributed by atoms with van der Waals surface area (Å²) in [5.74, 6) is 3.28. The van der Waals surface area contributed by atoms with Gasteiger partial charge in [0, 0.05) is 31.1 Å². The number of anilines is 1. The van der Waals surface area contributed by atoms with E-state index >= 15 is 0 Å². The number of ether oxygens (including phenoxy) is 1. The maximum atomic E-state index is 12.7. The number of rotatable bonds is 5. The highest BCUT2D eigenvalue weighted by molar-refractivity contribution is 5.79. The molecule has 2 heterocycles. The Balaban J connectivity index is 1.29. The molecule has 6 nitrogen and oxygen atoms in total. The van der Waals surface area contributed by atoms with Gasteiger partial charge in [-0.25, -0.2) is 9.97 Å². The molecule has 154 valence electrons. The lowest BCUT2D eigenvalue weighted by Crippen LogP contribution is -2.45. The molecule has 1 saturated carbocycles. The number of hydrogen-bond acceptors (Lipinski definition) is 5. The van der Waals surface area contributed by atoms with Crippen molar-refractivity contribution >= 4 is 11.7 Å². The monoisotopic (exact) mass is 394 g/mol. The summed E-state index contributed by atoms with van der Waals surface area (Å²) >= 11 is 0. The first-order chi connectivity index (χ1) is 14.2. The molecule has 4 rings (SSSR count). The van der Waals surface area contributed by atoms with Crippen molar-refractivity contribution in [2.75, 3.05) is 18.0 Å². The Morgan fingerprint density at radius 3 is 2.48 bits per heavy atom. The summed E-state index contributed by atoms with van der Waals surface area (Å²) in [5, 5.41) is 3.30. The highest BCUT2D eigenvalue weighted by atomic mass is 16.5. The minimum Gasteiger partial charge on any atom is -0.439 e. The molecule has 1 aromatic carbocycles. The molecule has 2 fully saturated rings. The molecule has 6 heteroatoms. The van der Waals surface area contributed by atoms with Crippen LogP contribution in [0.4, 0.5) is 5.82 Å². The van der Waals surface area contributed by atoms with E-state index in [9.17, 15) is 4.79 Å². The largest absolute Gasteiger partial charge is 0.439 e. The minimum absolute atomic E-state index is 0.104. The number of hydrogen-bond donors (Lipinski definition) is 1. The van der Waals surface area contributed by atoms with Crippen LogP contribution in [0.25, 0.3) is 0 Å². The van der Waals surface area contributed by atoms with E-state index in [4.69, 9.17) is 4.74 Å². The van der Waals surface area contributed by atoms with E-state index in [0.717, 1.165) is 56.3 Å². The maximum absolute atomic E-state index is 12.7. The molecule has 1 aliphatic heterocycles. The number of piperidine rings is 1. The van der Waals surface area contributed by atoms with E-state index in [1.165, 1.54) is 19.2 Å². The van der Waals surface area contributed by atoms with Crippen LogP contribution in [0.15, 0.2) is 42.7 Å². The predicted octanol–water partition coefficient (Wildman–Crippen LogP) is 4.18. The quantitative estimate of drug-likeness (QED) is 0.824. The van der Waals surface area contributed by atoms with Gasteiger partial charge >= 0.3 is 0 Å². The lowest BCUT2D eigenvalue weighted by molar-refractivity contribution is -0.126. The second kappa shape index (κ2) is 9.25. The Morgan fingerprint density at radius 1 is 1.03 bits per heavy atom. The van der Waals surface area contributed by atoms with E-state index < -0.39 is 0 Å². The highest BCUT2D eigenvalue weighted by Gasteiger charge is 2.28. The van der Waals surface area contributed by atoms with Crippen LogP contribution in [0.2, 0.25) is 0 Å².